The highest BCUT2D eigenvalue weighted by molar-refractivity contribution is 7.91. The highest BCUT2D eigenvalue weighted by Crippen LogP contribution is 2.48. The fraction of sp³-hybridized carbons (Fsp3) is 0.659. The largest absolute Gasteiger partial charge is 0.471 e. The Hall–Kier alpha value is -4.65. The van der Waals surface area contributed by atoms with Gasteiger partial charge in [0.2, 0.25) is 27.7 Å². The molecule has 0 radical (unpaired) electrons. The van der Waals surface area contributed by atoms with Crippen LogP contribution in [0.25, 0.3) is 10.8 Å². The van der Waals surface area contributed by atoms with E-state index in [1.807, 2.05) is 13.0 Å². The molecule has 2 aromatic rings. The molecule has 16 nitrogen and oxygen atoms in total. The van der Waals surface area contributed by atoms with Crippen LogP contribution in [0.4, 0.5) is 13.6 Å². The Morgan fingerprint density at radius 1 is 1.10 bits per heavy atom. The summed E-state index contributed by atoms with van der Waals surface area (Å²) in [5.41, 5.74) is -4.51. The summed E-state index contributed by atoms with van der Waals surface area (Å²) < 4.78 is 71.1. The van der Waals surface area contributed by atoms with Gasteiger partial charge in [-0.15, -0.1) is 5.10 Å². The van der Waals surface area contributed by atoms with Gasteiger partial charge in [-0.3, -0.25) is 28.8 Å². The third-order valence-electron chi connectivity index (χ3n) is 13.0. The lowest BCUT2D eigenvalue weighted by Crippen LogP contribution is -2.66. The number of nitrogens with one attached hydrogen (secondary N) is 2. The van der Waals surface area contributed by atoms with Gasteiger partial charge in [0.15, 0.2) is 0 Å². The van der Waals surface area contributed by atoms with Crippen molar-refractivity contribution in [3.8, 4) is 5.88 Å². The number of amides is 4. The molecule has 7 atom stereocenters. The van der Waals surface area contributed by atoms with Gasteiger partial charge in [0.05, 0.1) is 35.2 Å². The van der Waals surface area contributed by atoms with Crippen LogP contribution in [-0.2, 0) is 35.7 Å². The second-order valence-electron chi connectivity index (χ2n) is 17.9. The predicted octanol–water partition coefficient (Wildman–Crippen LogP) is 4.06. The first kappa shape index (κ1) is 44.9. The molecule has 0 spiro atoms. The van der Waals surface area contributed by atoms with E-state index in [2.05, 4.69) is 15.1 Å². The maximum atomic E-state index is 15.4. The molecule has 1 aromatic heterocycles. The molecule has 3 fully saturated rings. The summed E-state index contributed by atoms with van der Waals surface area (Å²) in [6, 6.07) is 3.42. The summed E-state index contributed by atoms with van der Waals surface area (Å²) in [4.78, 5) is 71.9. The zero-order valence-corrected chi connectivity index (χ0v) is 35.9. The number of benzene rings is 1. The van der Waals surface area contributed by atoms with E-state index in [9.17, 15) is 32.7 Å². The fourth-order valence-corrected chi connectivity index (χ4v) is 9.75. The number of methoxy groups -OCH3 is 1. The molecular formula is C41H56F2N6O10S. The van der Waals surface area contributed by atoms with Crippen molar-refractivity contribution in [2.75, 3.05) is 20.3 Å². The lowest BCUT2D eigenvalue weighted by atomic mass is 9.84. The summed E-state index contributed by atoms with van der Waals surface area (Å²) >= 11 is 0. The van der Waals surface area contributed by atoms with E-state index < -0.39 is 91.2 Å². The van der Waals surface area contributed by atoms with Crippen molar-refractivity contribution in [1.82, 2.24) is 29.6 Å². The number of halogens is 2. The molecule has 4 amide bonds. The summed E-state index contributed by atoms with van der Waals surface area (Å²) in [5, 5.41) is 18.5. The van der Waals surface area contributed by atoms with Crippen molar-refractivity contribution >= 4 is 44.6 Å². The molecule has 19 heteroatoms. The van der Waals surface area contributed by atoms with E-state index in [4.69, 9.17) is 9.47 Å². The molecular weight excluding hydrogens is 807 g/mol. The van der Waals surface area contributed by atoms with E-state index >= 15 is 13.6 Å². The number of aromatic nitrogens is 2. The summed E-state index contributed by atoms with van der Waals surface area (Å²) in [6.45, 7) is 7.62. The van der Waals surface area contributed by atoms with Crippen LogP contribution in [0, 0.1) is 17.8 Å². The van der Waals surface area contributed by atoms with Gasteiger partial charge in [-0.1, -0.05) is 38.1 Å². The minimum Gasteiger partial charge on any atom is -0.471 e. The van der Waals surface area contributed by atoms with Crippen molar-refractivity contribution in [2.45, 2.75) is 133 Å². The van der Waals surface area contributed by atoms with Gasteiger partial charge in [0, 0.05) is 26.4 Å². The number of sulfonamides is 1. The van der Waals surface area contributed by atoms with E-state index in [0.29, 0.717) is 42.9 Å². The minimum absolute atomic E-state index is 0.00147. The van der Waals surface area contributed by atoms with E-state index in [0.717, 1.165) is 18.7 Å². The number of hydrogen-bond acceptors (Lipinski definition) is 10. The Balaban J connectivity index is 1.44. The molecule has 6 rings (SSSR count). The lowest BCUT2D eigenvalue weighted by Gasteiger charge is -2.47. The van der Waals surface area contributed by atoms with Gasteiger partial charge in [-0.2, -0.15) is 0 Å². The van der Waals surface area contributed by atoms with E-state index in [1.54, 1.807) is 37.3 Å². The number of carbonyl (C=O) groups excluding carboxylic acids is 3. The Morgan fingerprint density at radius 3 is 2.38 bits per heavy atom. The number of carboxylic acid groups (broad SMARTS) is 1. The first-order valence-electron chi connectivity index (χ1n) is 20.4. The Kier molecular flexibility index (Phi) is 12.2. The summed E-state index contributed by atoms with van der Waals surface area (Å²) in [5.74, 6) is -7.86. The third kappa shape index (κ3) is 8.47. The monoisotopic (exact) mass is 862 g/mol. The molecule has 2 aliphatic heterocycles. The van der Waals surface area contributed by atoms with Crippen LogP contribution in [0.5, 0.6) is 5.88 Å². The third-order valence-corrected chi connectivity index (χ3v) is 15.1. The number of ether oxygens (including phenoxy) is 2. The second kappa shape index (κ2) is 16.3. The topological polar surface area (TPSA) is 207 Å². The Labute approximate surface area is 348 Å². The van der Waals surface area contributed by atoms with Crippen LogP contribution in [-0.4, -0.2) is 117 Å². The number of hydrogen-bond donors (Lipinski definition) is 3. The van der Waals surface area contributed by atoms with Gasteiger partial charge < -0.3 is 24.8 Å². The van der Waals surface area contributed by atoms with Crippen LogP contribution in [0.2, 0.25) is 0 Å². The van der Waals surface area contributed by atoms with Crippen molar-refractivity contribution in [3.63, 3.8) is 0 Å². The summed E-state index contributed by atoms with van der Waals surface area (Å²) in [6.07, 6.45) is 2.70. The molecule has 60 heavy (non-hydrogen) atoms. The minimum atomic E-state index is -4.12. The van der Waals surface area contributed by atoms with Gasteiger partial charge in [-0.25, -0.2) is 26.7 Å². The van der Waals surface area contributed by atoms with Crippen LogP contribution >= 0.6 is 0 Å². The number of fused-ring (bicyclic) bond motifs is 3. The normalized spacial score (nSPS) is 28.4. The number of allylic oxidation sites excluding steroid dienone is 1. The molecule has 3 heterocycles. The van der Waals surface area contributed by atoms with Crippen LogP contribution in [0.1, 0.15) is 86.5 Å². The van der Waals surface area contributed by atoms with Gasteiger partial charge in [0.1, 0.15) is 29.3 Å². The average Bonchev–Trinajstić information content (AvgIpc) is 4.05. The SMILES string of the molecule is COCCn1nc(O[C@@H]2C[C@H]3C(=O)N[C@]4(C(=O)NS(=O)(=O)C5(C)CC5)C[C@H]4C=CCC[C@@H](C)C[C@@H](C)[C@H](N(C(=O)O)C(C)(C)C(C)(F)F)C(=O)N3C2)c2ccccc2c1=O. The van der Waals surface area contributed by atoms with E-state index in [-0.39, 0.29) is 56.1 Å². The number of alkyl halides is 2. The first-order chi connectivity index (χ1) is 28.0. The molecule has 0 unspecified atom stereocenters. The molecule has 0 bridgehead atoms. The fourth-order valence-electron chi connectivity index (χ4n) is 8.44. The number of rotatable bonds is 11. The van der Waals surface area contributed by atoms with Crippen molar-refractivity contribution in [2.24, 2.45) is 17.8 Å². The van der Waals surface area contributed by atoms with Gasteiger partial charge in [-0.05, 0) is 83.3 Å². The molecule has 2 aliphatic carbocycles. The molecule has 1 aromatic carbocycles. The zero-order chi connectivity index (χ0) is 44.2. The summed E-state index contributed by atoms with van der Waals surface area (Å²) in [7, 11) is -2.65. The van der Waals surface area contributed by atoms with Crippen molar-refractivity contribution in [3.05, 3.63) is 46.8 Å². The van der Waals surface area contributed by atoms with Crippen LogP contribution < -0.4 is 20.3 Å². The highest BCUT2D eigenvalue weighted by Gasteiger charge is 2.63. The lowest BCUT2D eigenvalue weighted by molar-refractivity contribution is -0.156. The molecule has 330 valence electrons. The Bertz CT molecular complexity index is 2220. The first-order valence-corrected chi connectivity index (χ1v) is 21.9. The number of carbonyl (C=O) groups is 4. The standard InChI is InChI=1S/C41H56F2N6O10S/c1-24-12-8-9-13-26-22-41(26,36(53)46-60(56,57)39(5)16-17-39)44-32(50)30-21-27(59-33-28-14-10-11-15-29(28)34(51)48(45-33)18-19-58-7)23-47(30)35(52)31(25(2)20-24)49(37(54)55)38(3,4)40(6,42)43/h9-11,13-15,24-27,30-31H,8,12,16-23H2,1-7H3,(H,44,50)(H,46,53)(H,54,55)/t24-,25-,26-,27-,30+,31+,41-/m1/s1. The maximum Gasteiger partial charge on any atom is 0.408 e. The zero-order valence-electron chi connectivity index (χ0n) is 35.1. The Morgan fingerprint density at radius 2 is 1.77 bits per heavy atom. The van der Waals surface area contributed by atoms with Crippen molar-refractivity contribution < 1.29 is 51.0 Å². The smallest absolute Gasteiger partial charge is 0.408 e. The van der Waals surface area contributed by atoms with Crippen LogP contribution in [0.15, 0.2) is 41.2 Å². The number of nitrogens with zero attached hydrogens (tertiary/aromatic N) is 4. The molecule has 2 saturated carbocycles. The average molecular weight is 863 g/mol. The maximum absolute atomic E-state index is 15.4. The predicted molar refractivity (Wildman–Crippen MR) is 216 cm³/mol. The molecule has 3 N–H and O–H groups in total. The van der Waals surface area contributed by atoms with E-state index in [1.165, 1.54) is 18.7 Å². The molecule has 1 saturated heterocycles. The quantitative estimate of drug-likeness (QED) is 0.275. The van der Waals surface area contributed by atoms with Gasteiger partial charge >= 0.3 is 6.09 Å². The second-order valence-corrected chi connectivity index (χ2v) is 20.1. The van der Waals surface area contributed by atoms with Crippen molar-refractivity contribution in [1.29, 1.82) is 0 Å². The van der Waals surface area contributed by atoms with Gasteiger partial charge in [0.25, 0.3) is 17.4 Å². The molecule has 4 aliphatic rings. The van der Waals surface area contributed by atoms with Crippen LogP contribution in [0.3, 0.4) is 0 Å². The highest BCUT2D eigenvalue weighted by atomic mass is 32.2.